The van der Waals surface area contributed by atoms with E-state index in [0.29, 0.717) is 12.2 Å². The minimum Gasteiger partial charge on any atom is -0.404 e. The fraction of sp³-hybridized carbons (Fsp3) is 0.231. The number of para-hydroxylation sites is 2. The zero-order valence-corrected chi connectivity index (χ0v) is 10.7. The average Bonchev–Trinajstić information content (AvgIpc) is 2.82. The molecule has 0 aliphatic heterocycles. The van der Waals surface area contributed by atoms with Crippen LogP contribution in [0, 0.1) is 0 Å². The third kappa shape index (κ3) is 4.48. The number of rotatable bonds is 5. The Morgan fingerprint density at radius 1 is 1.11 bits per heavy atom. The van der Waals surface area contributed by atoms with Gasteiger partial charge in [0.25, 0.3) is 0 Å². The molecule has 2 nitrogen and oxygen atoms in total. The molecule has 0 aliphatic carbocycles. The van der Waals surface area contributed by atoms with Crippen molar-refractivity contribution >= 4 is 17.0 Å². The molecule has 1 aromatic carbocycles. The lowest BCUT2D eigenvalue weighted by Crippen LogP contribution is -2.18. The first kappa shape index (κ1) is 13.7. The predicted molar refractivity (Wildman–Crippen MR) is 69.6 cm³/mol. The van der Waals surface area contributed by atoms with E-state index < -0.39 is 6.36 Å². The first-order valence-electron chi connectivity index (χ1n) is 5.65. The van der Waals surface area contributed by atoms with Crippen LogP contribution in [-0.4, -0.2) is 12.9 Å². The van der Waals surface area contributed by atoms with Crippen molar-refractivity contribution in [3.8, 4) is 5.75 Å². The maximum absolute atomic E-state index is 12.2. The summed E-state index contributed by atoms with van der Waals surface area (Å²) in [6, 6.07) is 9.96. The molecule has 0 amide bonds. The van der Waals surface area contributed by atoms with Crippen LogP contribution in [0.1, 0.15) is 4.88 Å². The lowest BCUT2D eigenvalue weighted by molar-refractivity contribution is -0.274. The summed E-state index contributed by atoms with van der Waals surface area (Å²) in [5.74, 6) is -0.207. The topological polar surface area (TPSA) is 21.3 Å². The highest BCUT2D eigenvalue weighted by Crippen LogP contribution is 2.29. The molecule has 1 aromatic heterocycles. The molecule has 0 unspecified atom stereocenters. The zero-order valence-electron chi connectivity index (χ0n) is 9.91. The molecule has 102 valence electrons. The Morgan fingerprint density at radius 2 is 1.89 bits per heavy atom. The second-order valence-corrected chi connectivity index (χ2v) is 4.83. The highest BCUT2D eigenvalue weighted by molar-refractivity contribution is 7.09. The van der Waals surface area contributed by atoms with Gasteiger partial charge in [0.1, 0.15) is 0 Å². The number of hydrogen-bond acceptors (Lipinski definition) is 3. The zero-order chi connectivity index (χ0) is 13.7. The van der Waals surface area contributed by atoms with E-state index in [4.69, 9.17) is 0 Å². The SMILES string of the molecule is FC(F)(F)Oc1ccccc1NCCc1cccs1. The lowest BCUT2D eigenvalue weighted by Gasteiger charge is -2.14. The van der Waals surface area contributed by atoms with Crippen molar-refractivity contribution in [1.82, 2.24) is 0 Å². The lowest BCUT2D eigenvalue weighted by atomic mass is 10.2. The van der Waals surface area contributed by atoms with Gasteiger partial charge in [-0.25, -0.2) is 0 Å². The molecular formula is C13H12F3NOS. The highest BCUT2D eigenvalue weighted by Gasteiger charge is 2.31. The number of anilines is 1. The number of thiophene rings is 1. The molecule has 0 fully saturated rings. The van der Waals surface area contributed by atoms with Crippen LogP contribution in [0.3, 0.4) is 0 Å². The Kier molecular flexibility index (Phi) is 4.31. The van der Waals surface area contributed by atoms with Crippen LogP contribution in [0.5, 0.6) is 5.75 Å². The maximum Gasteiger partial charge on any atom is 0.573 e. The third-order valence-electron chi connectivity index (χ3n) is 2.38. The van der Waals surface area contributed by atoms with Crippen molar-refractivity contribution in [2.75, 3.05) is 11.9 Å². The number of benzene rings is 1. The summed E-state index contributed by atoms with van der Waals surface area (Å²) >= 11 is 1.62. The standard InChI is InChI=1S/C13H12F3NOS/c14-13(15,16)18-12-6-2-1-5-11(12)17-8-7-10-4-3-9-19-10/h1-6,9,17H,7-8H2. The summed E-state index contributed by atoms with van der Waals surface area (Å²) < 4.78 is 40.6. The smallest absolute Gasteiger partial charge is 0.404 e. The maximum atomic E-state index is 12.2. The number of ether oxygens (including phenoxy) is 1. The largest absolute Gasteiger partial charge is 0.573 e. The molecule has 0 radical (unpaired) electrons. The second kappa shape index (κ2) is 5.97. The fourth-order valence-electron chi connectivity index (χ4n) is 1.60. The van der Waals surface area contributed by atoms with E-state index in [1.807, 2.05) is 17.5 Å². The van der Waals surface area contributed by atoms with E-state index in [1.54, 1.807) is 23.5 Å². The van der Waals surface area contributed by atoms with Crippen molar-refractivity contribution in [1.29, 1.82) is 0 Å². The molecule has 0 saturated carbocycles. The molecular weight excluding hydrogens is 275 g/mol. The first-order valence-corrected chi connectivity index (χ1v) is 6.53. The summed E-state index contributed by atoms with van der Waals surface area (Å²) in [6.45, 7) is 0.554. The quantitative estimate of drug-likeness (QED) is 0.885. The van der Waals surface area contributed by atoms with Gasteiger partial charge >= 0.3 is 6.36 Å². The average molecular weight is 287 g/mol. The molecule has 1 heterocycles. The number of hydrogen-bond donors (Lipinski definition) is 1. The molecule has 0 aliphatic rings. The summed E-state index contributed by atoms with van der Waals surface area (Å²) in [5, 5.41) is 4.92. The fourth-order valence-corrected chi connectivity index (χ4v) is 2.31. The third-order valence-corrected chi connectivity index (χ3v) is 3.32. The van der Waals surface area contributed by atoms with Crippen LogP contribution in [-0.2, 0) is 6.42 Å². The van der Waals surface area contributed by atoms with Gasteiger partial charge in [-0.15, -0.1) is 24.5 Å². The number of halogens is 3. The van der Waals surface area contributed by atoms with E-state index in [9.17, 15) is 13.2 Å². The minimum absolute atomic E-state index is 0.207. The van der Waals surface area contributed by atoms with Gasteiger partial charge in [-0.1, -0.05) is 18.2 Å². The van der Waals surface area contributed by atoms with Crippen LogP contribution >= 0.6 is 11.3 Å². The summed E-state index contributed by atoms with van der Waals surface area (Å²) in [5.41, 5.74) is 0.344. The Hall–Kier alpha value is -1.69. The van der Waals surface area contributed by atoms with Gasteiger partial charge in [-0.3, -0.25) is 0 Å². The molecule has 0 bridgehead atoms. The van der Waals surface area contributed by atoms with Gasteiger partial charge in [-0.2, -0.15) is 0 Å². The van der Waals surface area contributed by atoms with Crippen molar-refractivity contribution in [3.05, 3.63) is 46.7 Å². The van der Waals surface area contributed by atoms with Crippen molar-refractivity contribution in [2.24, 2.45) is 0 Å². The van der Waals surface area contributed by atoms with Gasteiger partial charge in [0.15, 0.2) is 5.75 Å². The van der Waals surface area contributed by atoms with Crippen molar-refractivity contribution in [3.63, 3.8) is 0 Å². The van der Waals surface area contributed by atoms with Crippen molar-refractivity contribution in [2.45, 2.75) is 12.8 Å². The van der Waals surface area contributed by atoms with Gasteiger partial charge in [0.2, 0.25) is 0 Å². The summed E-state index contributed by atoms with van der Waals surface area (Å²) in [7, 11) is 0. The highest BCUT2D eigenvalue weighted by atomic mass is 32.1. The summed E-state index contributed by atoms with van der Waals surface area (Å²) in [6.07, 6.45) is -3.91. The molecule has 2 rings (SSSR count). The van der Waals surface area contributed by atoms with E-state index >= 15 is 0 Å². The molecule has 0 saturated heterocycles. The van der Waals surface area contributed by atoms with Gasteiger partial charge in [0, 0.05) is 11.4 Å². The second-order valence-electron chi connectivity index (χ2n) is 3.80. The normalized spacial score (nSPS) is 11.3. The Labute approximate surface area is 112 Å². The predicted octanol–water partition coefficient (Wildman–Crippen LogP) is 4.30. The van der Waals surface area contributed by atoms with Crippen LogP contribution in [0.15, 0.2) is 41.8 Å². The minimum atomic E-state index is -4.68. The monoisotopic (exact) mass is 287 g/mol. The van der Waals surface area contributed by atoms with E-state index in [2.05, 4.69) is 10.1 Å². The van der Waals surface area contributed by atoms with Crippen LogP contribution < -0.4 is 10.1 Å². The van der Waals surface area contributed by atoms with Crippen LogP contribution in [0.4, 0.5) is 18.9 Å². The Morgan fingerprint density at radius 3 is 2.58 bits per heavy atom. The first-order chi connectivity index (χ1) is 9.04. The molecule has 0 atom stereocenters. The van der Waals surface area contributed by atoms with Gasteiger partial charge in [0.05, 0.1) is 5.69 Å². The molecule has 19 heavy (non-hydrogen) atoms. The molecule has 0 spiro atoms. The van der Waals surface area contributed by atoms with E-state index in [-0.39, 0.29) is 5.75 Å². The number of alkyl halides is 3. The number of nitrogens with one attached hydrogen (secondary N) is 1. The summed E-state index contributed by atoms with van der Waals surface area (Å²) in [4.78, 5) is 1.18. The van der Waals surface area contributed by atoms with E-state index in [1.165, 1.54) is 17.0 Å². The van der Waals surface area contributed by atoms with E-state index in [0.717, 1.165) is 6.42 Å². The van der Waals surface area contributed by atoms with Crippen LogP contribution in [0.25, 0.3) is 0 Å². The van der Waals surface area contributed by atoms with Gasteiger partial charge < -0.3 is 10.1 Å². The molecule has 1 N–H and O–H groups in total. The Balaban J connectivity index is 1.96. The van der Waals surface area contributed by atoms with Crippen molar-refractivity contribution < 1.29 is 17.9 Å². The molecule has 2 aromatic rings. The van der Waals surface area contributed by atoms with Gasteiger partial charge in [-0.05, 0) is 30.0 Å². The van der Waals surface area contributed by atoms with Crippen LogP contribution in [0.2, 0.25) is 0 Å². The molecule has 6 heteroatoms. The Bertz CT molecular complexity index is 511.